The largest absolute Gasteiger partial charge is 0.492 e. The van der Waals surface area contributed by atoms with Crippen LogP contribution in [-0.4, -0.2) is 61.0 Å². The number of halogens is 4. The normalized spacial score (nSPS) is 11.7. The summed E-state index contributed by atoms with van der Waals surface area (Å²) in [4.78, 5) is 25.9. The summed E-state index contributed by atoms with van der Waals surface area (Å²) in [5.74, 6) is -2.56. The van der Waals surface area contributed by atoms with Crippen molar-refractivity contribution in [1.82, 2.24) is 4.90 Å². The molecular formula is C31H34Cl2F2N2O6. The van der Waals surface area contributed by atoms with E-state index in [0.717, 1.165) is 23.3 Å². The van der Waals surface area contributed by atoms with Crippen molar-refractivity contribution in [1.29, 1.82) is 0 Å². The number of benzene rings is 3. The van der Waals surface area contributed by atoms with Crippen molar-refractivity contribution in [3.63, 3.8) is 0 Å². The molecule has 0 aliphatic carbocycles. The number of hydrogen-bond donors (Lipinski definition) is 2. The first-order valence-electron chi connectivity index (χ1n) is 13.7. The van der Waals surface area contributed by atoms with Gasteiger partial charge in [-0.3, -0.25) is 0 Å². The molecule has 0 saturated carbocycles. The molecule has 0 bridgehead atoms. The Hall–Kier alpha value is -3.44. The van der Waals surface area contributed by atoms with Crippen molar-refractivity contribution >= 4 is 40.9 Å². The molecule has 1 unspecified atom stereocenters. The van der Waals surface area contributed by atoms with Crippen LogP contribution in [0.5, 0.6) is 5.75 Å². The minimum absolute atomic E-state index is 0.126. The van der Waals surface area contributed by atoms with Crippen molar-refractivity contribution in [2.45, 2.75) is 38.9 Å². The third-order valence-electron chi connectivity index (χ3n) is 6.23. The SMILES string of the molecule is CCOC(Cc1ccc(OCCN(CCCCOCc2cc(Cl)cc(Cl)c2)C(=O)Nc2ccc(F)c(F)c2)cc1)C(=O)O. The van der Waals surface area contributed by atoms with E-state index in [0.29, 0.717) is 55.0 Å². The lowest BCUT2D eigenvalue weighted by Gasteiger charge is -2.23. The van der Waals surface area contributed by atoms with Crippen LogP contribution < -0.4 is 10.1 Å². The minimum atomic E-state index is -1.06. The van der Waals surface area contributed by atoms with Crippen LogP contribution in [0.3, 0.4) is 0 Å². The van der Waals surface area contributed by atoms with Crippen molar-refractivity contribution in [3.05, 3.63) is 93.5 Å². The molecule has 0 heterocycles. The van der Waals surface area contributed by atoms with Crippen LogP contribution in [0.1, 0.15) is 30.9 Å². The smallest absolute Gasteiger partial charge is 0.333 e. The van der Waals surface area contributed by atoms with Gasteiger partial charge in [0.2, 0.25) is 0 Å². The van der Waals surface area contributed by atoms with Gasteiger partial charge in [-0.25, -0.2) is 18.4 Å². The molecule has 0 aliphatic heterocycles. The highest BCUT2D eigenvalue weighted by Gasteiger charge is 2.18. The first kappa shape index (κ1) is 34.1. The number of nitrogens with zero attached hydrogens (tertiary/aromatic N) is 1. The molecule has 2 amide bonds. The van der Waals surface area contributed by atoms with E-state index in [2.05, 4.69) is 5.32 Å². The summed E-state index contributed by atoms with van der Waals surface area (Å²) in [6, 6.07) is 14.8. The number of hydrogen-bond acceptors (Lipinski definition) is 5. The number of amides is 2. The lowest BCUT2D eigenvalue weighted by molar-refractivity contribution is -0.149. The van der Waals surface area contributed by atoms with Crippen LogP contribution in [0.25, 0.3) is 0 Å². The second kappa shape index (κ2) is 17.6. The molecule has 8 nitrogen and oxygen atoms in total. The Kier molecular flexibility index (Phi) is 14.0. The van der Waals surface area contributed by atoms with Gasteiger partial charge in [0.1, 0.15) is 12.4 Å². The van der Waals surface area contributed by atoms with E-state index < -0.39 is 29.7 Å². The molecule has 0 fully saturated rings. The van der Waals surface area contributed by atoms with Crippen LogP contribution in [0.15, 0.2) is 60.7 Å². The fourth-order valence-electron chi connectivity index (χ4n) is 4.11. The van der Waals surface area contributed by atoms with Crippen LogP contribution in [0, 0.1) is 11.6 Å². The van der Waals surface area contributed by atoms with Crippen LogP contribution in [0.4, 0.5) is 19.3 Å². The highest BCUT2D eigenvalue weighted by atomic mass is 35.5. The maximum atomic E-state index is 13.7. The van der Waals surface area contributed by atoms with E-state index >= 15 is 0 Å². The van der Waals surface area contributed by atoms with Crippen molar-refractivity contribution in [3.8, 4) is 5.75 Å². The number of unbranched alkanes of at least 4 members (excludes halogenated alkanes) is 1. The van der Waals surface area contributed by atoms with Gasteiger partial charge in [-0.15, -0.1) is 0 Å². The quantitative estimate of drug-likeness (QED) is 0.152. The maximum Gasteiger partial charge on any atom is 0.333 e. The predicted molar refractivity (Wildman–Crippen MR) is 161 cm³/mol. The van der Waals surface area contributed by atoms with Crippen LogP contribution in [0.2, 0.25) is 10.0 Å². The van der Waals surface area contributed by atoms with E-state index in [1.165, 1.54) is 11.0 Å². The minimum Gasteiger partial charge on any atom is -0.492 e. The van der Waals surface area contributed by atoms with Gasteiger partial charge >= 0.3 is 12.0 Å². The van der Waals surface area contributed by atoms with Crippen molar-refractivity contribution in [2.75, 3.05) is 38.2 Å². The molecule has 0 spiro atoms. The number of carbonyl (C=O) groups excluding carboxylic acids is 1. The molecule has 12 heteroatoms. The molecule has 1 atom stereocenters. The van der Waals surface area contributed by atoms with Crippen molar-refractivity contribution in [2.24, 2.45) is 0 Å². The zero-order valence-corrected chi connectivity index (χ0v) is 25.2. The molecule has 0 saturated heterocycles. The van der Waals surface area contributed by atoms with Gasteiger partial charge in [-0.05, 0) is 73.4 Å². The molecule has 3 aromatic carbocycles. The average Bonchev–Trinajstić information content (AvgIpc) is 2.95. The second-order valence-electron chi connectivity index (χ2n) is 9.56. The summed E-state index contributed by atoms with van der Waals surface area (Å²) in [5, 5.41) is 12.9. The molecule has 3 aromatic rings. The fraction of sp³-hybridized carbons (Fsp3) is 0.355. The molecular weight excluding hydrogens is 605 g/mol. The fourth-order valence-corrected chi connectivity index (χ4v) is 4.68. The number of aliphatic carboxylic acids is 1. The molecule has 0 aliphatic rings. The molecule has 2 N–H and O–H groups in total. The topological polar surface area (TPSA) is 97.3 Å². The Bertz CT molecular complexity index is 1330. The molecule has 43 heavy (non-hydrogen) atoms. The Morgan fingerprint density at radius 1 is 0.907 bits per heavy atom. The zero-order valence-electron chi connectivity index (χ0n) is 23.7. The Morgan fingerprint density at radius 3 is 2.28 bits per heavy atom. The van der Waals surface area contributed by atoms with Gasteiger partial charge in [0, 0.05) is 48.0 Å². The van der Waals surface area contributed by atoms with Gasteiger partial charge in [-0.2, -0.15) is 0 Å². The van der Waals surface area contributed by atoms with Gasteiger partial charge in [0.25, 0.3) is 0 Å². The van der Waals surface area contributed by atoms with E-state index in [1.807, 2.05) is 0 Å². The number of carboxylic acid groups (broad SMARTS) is 1. The maximum absolute atomic E-state index is 13.7. The van der Waals surface area contributed by atoms with E-state index in [1.54, 1.807) is 49.4 Å². The van der Waals surface area contributed by atoms with E-state index in [4.69, 9.17) is 37.4 Å². The average molecular weight is 640 g/mol. The summed E-state index contributed by atoms with van der Waals surface area (Å²) in [6.07, 6.45) is 0.558. The summed E-state index contributed by atoms with van der Waals surface area (Å²) in [5.41, 5.74) is 1.76. The monoisotopic (exact) mass is 638 g/mol. The number of carbonyl (C=O) groups is 2. The van der Waals surface area contributed by atoms with E-state index in [9.17, 15) is 23.5 Å². The number of nitrogens with one attached hydrogen (secondary N) is 1. The van der Waals surface area contributed by atoms with E-state index in [-0.39, 0.29) is 25.3 Å². The zero-order chi connectivity index (χ0) is 31.2. The van der Waals surface area contributed by atoms with Crippen LogP contribution >= 0.6 is 23.2 Å². The highest BCUT2D eigenvalue weighted by Crippen LogP contribution is 2.20. The van der Waals surface area contributed by atoms with Crippen LogP contribution in [-0.2, 0) is 27.3 Å². The Labute approximate surface area is 259 Å². The molecule has 0 aromatic heterocycles. The summed E-state index contributed by atoms with van der Waals surface area (Å²) in [7, 11) is 0. The number of anilines is 1. The number of ether oxygens (including phenoxy) is 3. The lowest BCUT2D eigenvalue weighted by atomic mass is 10.1. The number of rotatable bonds is 17. The standard InChI is InChI=1S/C31H34Cl2F2N2O6/c1-2-42-29(30(38)39)17-21-5-8-26(9-6-21)43-14-12-37(31(40)36-25-7-10-27(34)28(35)19-25)11-3-4-13-41-20-22-15-23(32)18-24(33)16-22/h5-10,15-16,18-19,29H,2-4,11-14,17,20H2,1H3,(H,36,40)(H,38,39). The molecule has 3 rings (SSSR count). The summed E-state index contributed by atoms with van der Waals surface area (Å²) >= 11 is 12.0. The Morgan fingerprint density at radius 2 is 1.63 bits per heavy atom. The highest BCUT2D eigenvalue weighted by molar-refractivity contribution is 6.34. The summed E-state index contributed by atoms with van der Waals surface area (Å²) < 4.78 is 43.8. The lowest BCUT2D eigenvalue weighted by Crippen LogP contribution is -2.38. The number of carboxylic acids is 1. The van der Waals surface area contributed by atoms with Gasteiger partial charge in [-0.1, -0.05) is 35.3 Å². The summed E-state index contributed by atoms with van der Waals surface area (Å²) in [6.45, 7) is 3.55. The molecule has 232 valence electrons. The van der Waals surface area contributed by atoms with Gasteiger partial charge in [0.05, 0.1) is 13.2 Å². The Balaban J connectivity index is 1.52. The first-order valence-corrected chi connectivity index (χ1v) is 14.5. The molecule has 0 radical (unpaired) electrons. The first-order chi connectivity index (χ1) is 20.6. The van der Waals surface area contributed by atoms with Crippen molar-refractivity contribution < 1.29 is 37.7 Å². The second-order valence-corrected chi connectivity index (χ2v) is 10.4. The third-order valence-corrected chi connectivity index (χ3v) is 6.67. The van der Waals surface area contributed by atoms with Gasteiger partial charge in [0.15, 0.2) is 17.7 Å². The van der Waals surface area contributed by atoms with Gasteiger partial charge < -0.3 is 29.5 Å². The third kappa shape index (κ3) is 12.0. The number of urea groups is 1. The predicted octanol–water partition coefficient (Wildman–Crippen LogP) is 7.21.